The Morgan fingerprint density at radius 2 is 2.05 bits per heavy atom. The van der Waals surface area contributed by atoms with Gasteiger partial charge < -0.3 is 14.6 Å². The van der Waals surface area contributed by atoms with Crippen molar-refractivity contribution in [1.29, 1.82) is 0 Å². The molecule has 0 radical (unpaired) electrons. The first-order chi connectivity index (χ1) is 10.8. The topological polar surface area (TPSA) is 62.6 Å². The second-order valence-corrected chi connectivity index (χ2v) is 6.32. The highest BCUT2D eigenvalue weighted by Crippen LogP contribution is 2.35. The summed E-state index contributed by atoms with van der Waals surface area (Å²) >= 11 is 0. The molecule has 1 aliphatic heterocycles. The van der Waals surface area contributed by atoms with E-state index < -0.39 is 0 Å². The number of piperidine rings is 1. The SMILES string of the molecule is O=C(NCCC(=O)N1CCCC2CCCCC21)c1ccco1. The molecule has 2 fully saturated rings. The van der Waals surface area contributed by atoms with Gasteiger partial charge in [-0.3, -0.25) is 9.59 Å². The molecule has 1 aromatic heterocycles. The minimum atomic E-state index is -0.257. The molecule has 2 aliphatic rings. The molecule has 1 aliphatic carbocycles. The van der Waals surface area contributed by atoms with Crippen LogP contribution in [-0.4, -0.2) is 35.8 Å². The Kier molecular flexibility index (Phi) is 4.80. The van der Waals surface area contributed by atoms with Crippen LogP contribution in [0, 0.1) is 5.92 Å². The largest absolute Gasteiger partial charge is 0.459 e. The number of nitrogens with one attached hydrogen (secondary N) is 1. The van der Waals surface area contributed by atoms with Crippen molar-refractivity contribution in [2.24, 2.45) is 5.92 Å². The van der Waals surface area contributed by atoms with Crippen LogP contribution in [-0.2, 0) is 4.79 Å². The van der Waals surface area contributed by atoms with Crippen LogP contribution < -0.4 is 5.32 Å². The van der Waals surface area contributed by atoms with Crippen molar-refractivity contribution >= 4 is 11.8 Å². The van der Waals surface area contributed by atoms with E-state index in [0.717, 1.165) is 19.4 Å². The standard InChI is InChI=1S/C17H24N2O3/c20-16(9-10-18-17(21)15-8-4-12-22-15)19-11-3-6-13-5-1-2-7-14(13)19/h4,8,12-14H,1-3,5-7,9-11H2,(H,18,21). The van der Waals surface area contributed by atoms with Gasteiger partial charge in [0.05, 0.1) is 6.26 Å². The highest BCUT2D eigenvalue weighted by atomic mass is 16.3. The van der Waals surface area contributed by atoms with Crippen LogP contribution in [0.1, 0.15) is 55.5 Å². The van der Waals surface area contributed by atoms with Crippen LogP contribution in [0.5, 0.6) is 0 Å². The Labute approximate surface area is 131 Å². The molecule has 1 N–H and O–H groups in total. The molecule has 1 saturated heterocycles. The van der Waals surface area contributed by atoms with E-state index in [-0.39, 0.29) is 17.6 Å². The Bertz CT molecular complexity index is 510. The van der Waals surface area contributed by atoms with Gasteiger partial charge in [0.25, 0.3) is 5.91 Å². The van der Waals surface area contributed by atoms with E-state index in [1.165, 1.54) is 31.9 Å². The van der Waals surface area contributed by atoms with Gasteiger partial charge in [-0.25, -0.2) is 0 Å². The van der Waals surface area contributed by atoms with Crippen molar-refractivity contribution in [2.45, 2.75) is 51.0 Å². The normalized spacial score (nSPS) is 24.6. The molecular weight excluding hydrogens is 280 g/mol. The Morgan fingerprint density at radius 1 is 1.23 bits per heavy atom. The van der Waals surface area contributed by atoms with Gasteiger partial charge in [0.2, 0.25) is 5.91 Å². The average molecular weight is 304 g/mol. The number of carbonyl (C=O) groups excluding carboxylic acids is 2. The smallest absolute Gasteiger partial charge is 0.286 e. The predicted octanol–water partition coefficient (Wildman–Crippen LogP) is 2.58. The number of furan rings is 1. The Hall–Kier alpha value is -1.78. The number of likely N-dealkylation sites (tertiary alicyclic amines) is 1. The van der Waals surface area contributed by atoms with E-state index in [9.17, 15) is 9.59 Å². The summed E-state index contributed by atoms with van der Waals surface area (Å²) in [6.45, 7) is 1.25. The molecular formula is C17H24N2O3. The summed E-state index contributed by atoms with van der Waals surface area (Å²) in [5, 5.41) is 2.75. The summed E-state index contributed by atoms with van der Waals surface area (Å²) in [6.07, 6.45) is 9.18. The lowest BCUT2D eigenvalue weighted by Gasteiger charge is -2.44. The lowest BCUT2D eigenvalue weighted by molar-refractivity contribution is -0.137. The summed E-state index contributed by atoms with van der Waals surface area (Å²) in [5.41, 5.74) is 0. The molecule has 2 atom stereocenters. The number of hydrogen-bond acceptors (Lipinski definition) is 3. The van der Waals surface area contributed by atoms with E-state index in [1.54, 1.807) is 12.1 Å². The van der Waals surface area contributed by atoms with Crippen LogP contribution in [0.2, 0.25) is 0 Å². The van der Waals surface area contributed by atoms with Crippen molar-refractivity contribution in [3.8, 4) is 0 Å². The molecule has 1 saturated carbocycles. The quantitative estimate of drug-likeness (QED) is 0.930. The number of hydrogen-bond donors (Lipinski definition) is 1. The van der Waals surface area contributed by atoms with E-state index in [1.807, 2.05) is 0 Å². The maximum absolute atomic E-state index is 12.5. The second kappa shape index (κ2) is 6.99. The second-order valence-electron chi connectivity index (χ2n) is 6.32. The molecule has 2 heterocycles. The summed E-state index contributed by atoms with van der Waals surface area (Å²) in [7, 11) is 0. The first-order valence-corrected chi connectivity index (χ1v) is 8.37. The van der Waals surface area contributed by atoms with Gasteiger partial charge in [-0.15, -0.1) is 0 Å². The Balaban J connectivity index is 1.48. The van der Waals surface area contributed by atoms with E-state index in [2.05, 4.69) is 10.2 Å². The van der Waals surface area contributed by atoms with Gasteiger partial charge in [0, 0.05) is 25.6 Å². The minimum absolute atomic E-state index is 0.177. The van der Waals surface area contributed by atoms with Crippen molar-refractivity contribution in [2.75, 3.05) is 13.1 Å². The minimum Gasteiger partial charge on any atom is -0.459 e. The first-order valence-electron chi connectivity index (χ1n) is 8.37. The molecule has 2 amide bonds. The van der Waals surface area contributed by atoms with Gasteiger partial charge in [0.1, 0.15) is 0 Å². The zero-order chi connectivity index (χ0) is 15.4. The molecule has 22 heavy (non-hydrogen) atoms. The fourth-order valence-corrected chi connectivity index (χ4v) is 3.86. The molecule has 120 valence electrons. The zero-order valence-electron chi connectivity index (χ0n) is 12.9. The van der Waals surface area contributed by atoms with E-state index in [4.69, 9.17) is 4.42 Å². The predicted molar refractivity (Wildman–Crippen MR) is 82.4 cm³/mol. The molecule has 0 aromatic carbocycles. The Morgan fingerprint density at radius 3 is 2.86 bits per heavy atom. The number of carbonyl (C=O) groups is 2. The van der Waals surface area contributed by atoms with Crippen molar-refractivity contribution in [3.63, 3.8) is 0 Å². The fourth-order valence-electron chi connectivity index (χ4n) is 3.86. The van der Waals surface area contributed by atoms with Crippen molar-refractivity contribution < 1.29 is 14.0 Å². The van der Waals surface area contributed by atoms with Crippen LogP contribution >= 0.6 is 0 Å². The lowest BCUT2D eigenvalue weighted by Crippen LogP contribution is -2.50. The van der Waals surface area contributed by atoms with E-state index in [0.29, 0.717) is 24.9 Å². The molecule has 0 bridgehead atoms. The highest BCUT2D eigenvalue weighted by molar-refractivity contribution is 5.91. The molecule has 0 spiro atoms. The van der Waals surface area contributed by atoms with Gasteiger partial charge in [-0.1, -0.05) is 12.8 Å². The monoisotopic (exact) mass is 304 g/mol. The first kappa shape index (κ1) is 15.1. The van der Waals surface area contributed by atoms with Crippen LogP contribution in [0.15, 0.2) is 22.8 Å². The third kappa shape index (κ3) is 3.34. The zero-order valence-corrected chi connectivity index (χ0v) is 12.9. The van der Waals surface area contributed by atoms with Crippen molar-refractivity contribution in [1.82, 2.24) is 10.2 Å². The average Bonchev–Trinajstić information content (AvgIpc) is 3.08. The summed E-state index contributed by atoms with van der Waals surface area (Å²) < 4.78 is 5.03. The van der Waals surface area contributed by atoms with Crippen LogP contribution in [0.25, 0.3) is 0 Å². The highest BCUT2D eigenvalue weighted by Gasteiger charge is 2.35. The third-order valence-electron chi connectivity index (χ3n) is 4.93. The number of rotatable bonds is 4. The van der Waals surface area contributed by atoms with Gasteiger partial charge in [-0.2, -0.15) is 0 Å². The van der Waals surface area contributed by atoms with Crippen LogP contribution in [0.3, 0.4) is 0 Å². The third-order valence-corrected chi connectivity index (χ3v) is 4.93. The summed E-state index contributed by atoms with van der Waals surface area (Å²) in [4.78, 5) is 26.3. The summed E-state index contributed by atoms with van der Waals surface area (Å²) in [6, 6.07) is 3.74. The molecule has 5 nitrogen and oxygen atoms in total. The van der Waals surface area contributed by atoms with E-state index >= 15 is 0 Å². The number of fused-ring (bicyclic) bond motifs is 1. The lowest BCUT2D eigenvalue weighted by atomic mass is 9.78. The maximum atomic E-state index is 12.5. The summed E-state index contributed by atoms with van der Waals surface area (Å²) in [5.74, 6) is 0.908. The van der Waals surface area contributed by atoms with Gasteiger partial charge in [-0.05, 0) is 43.7 Å². The van der Waals surface area contributed by atoms with Crippen molar-refractivity contribution in [3.05, 3.63) is 24.2 Å². The van der Waals surface area contributed by atoms with Gasteiger partial charge in [0.15, 0.2) is 5.76 Å². The number of amides is 2. The fraction of sp³-hybridized carbons (Fsp3) is 0.647. The number of nitrogens with zero attached hydrogens (tertiary/aromatic N) is 1. The molecule has 5 heteroatoms. The molecule has 3 rings (SSSR count). The van der Waals surface area contributed by atoms with Crippen LogP contribution in [0.4, 0.5) is 0 Å². The maximum Gasteiger partial charge on any atom is 0.286 e. The molecule has 2 unspecified atom stereocenters. The molecule has 1 aromatic rings. The van der Waals surface area contributed by atoms with Gasteiger partial charge >= 0.3 is 0 Å².